The van der Waals surface area contributed by atoms with E-state index < -0.39 is 6.10 Å². The zero-order valence-corrected chi connectivity index (χ0v) is 18.1. The third-order valence-corrected chi connectivity index (χ3v) is 5.56. The molecule has 0 bridgehead atoms. The molecule has 2 N–H and O–H groups in total. The van der Waals surface area contributed by atoms with Crippen LogP contribution in [0.1, 0.15) is 74.7 Å². The fraction of sp³-hybridized carbons (Fsp3) is 0.440. The molecule has 0 radical (unpaired) electrons. The number of carbonyl (C=O) groups excluding carboxylic acids is 2. The first-order valence-corrected chi connectivity index (χ1v) is 10.9. The number of hydrogen-bond acceptors (Lipinski definition) is 3. The van der Waals surface area contributed by atoms with E-state index in [1.54, 1.807) is 31.2 Å². The number of ether oxygens (including phenoxy) is 1. The topological polar surface area (TPSA) is 67.4 Å². The first kappa shape index (κ1) is 21.9. The van der Waals surface area contributed by atoms with Crippen LogP contribution in [0.3, 0.4) is 0 Å². The molecule has 5 nitrogen and oxygen atoms in total. The molecule has 0 aromatic heterocycles. The maximum atomic E-state index is 12.6. The summed E-state index contributed by atoms with van der Waals surface area (Å²) >= 11 is 0. The van der Waals surface area contributed by atoms with Gasteiger partial charge in [0.2, 0.25) is 0 Å². The SMILES string of the molecule is CC(Oc1ccc(C(C)C)cc1)C(=O)Nc1cccc(C(=O)NC2CCCCC2)c1. The molecule has 2 aromatic rings. The maximum absolute atomic E-state index is 12.6. The van der Waals surface area contributed by atoms with Crippen molar-refractivity contribution < 1.29 is 14.3 Å². The summed E-state index contributed by atoms with van der Waals surface area (Å²) in [5, 5.41) is 5.95. The summed E-state index contributed by atoms with van der Waals surface area (Å²) in [5.41, 5.74) is 2.36. The molecule has 0 spiro atoms. The molecule has 0 aliphatic heterocycles. The minimum Gasteiger partial charge on any atom is -0.481 e. The van der Waals surface area contributed by atoms with Gasteiger partial charge in [-0.3, -0.25) is 9.59 Å². The highest BCUT2D eigenvalue weighted by Crippen LogP contribution is 2.21. The summed E-state index contributed by atoms with van der Waals surface area (Å²) < 4.78 is 5.77. The smallest absolute Gasteiger partial charge is 0.265 e. The van der Waals surface area contributed by atoms with E-state index in [2.05, 4.69) is 24.5 Å². The molecular formula is C25H32N2O3. The van der Waals surface area contributed by atoms with Crippen molar-refractivity contribution in [2.24, 2.45) is 0 Å². The van der Waals surface area contributed by atoms with Crippen LogP contribution in [0.2, 0.25) is 0 Å². The van der Waals surface area contributed by atoms with Gasteiger partial charge in [0.15, 0.2) is 6.10 Å². The van der Waals surface area contributed by atoms with Gasteiger partial charge in [-0.05, 0) is 61.6 Å². The molecule has 1 saturated carbocycles. The largest absolute Gasteiger partial charge is 0.481 e. The monoisotopic (exact) mass is 408 g/mol. The van der Waals surface area contributed by atoms with E-state index in [4.69, 9.17) is 4.74 Å². The van der Waals surface area contributed by atoms with Gasteiger partial charge >= 0.3 is 0 Å². The summed E-state index contributed by atoms with van der Waals surface area (Å²) in [5.74, 6) is 0.755. The highest BCUT2D eigenvalue weighted by molar-refractivity contribution is 5.98. The molecule has 0 saturated heterocycles. The Morgan fingerprint density at radius 2 is 1.67 bits per heavy atom. The van der Waals surface area contributed by atoms with Crippen molar-refractivity contribution in [3.05, 3.63) is 59.7 Å². The predicted molar refractivity (Wildman–Crippen MR) is 120 cm³/mol. The van der Waals surface area contributed by atoms with Crippen LogP contribution in [0.5, 0.6) is 5.75 Å². The second kappa shape index (κ2) is 10.3. The molecule has 30 heavy (non-hydrogen) atoms. The minimum atomic E-state index is -0.658. The number of nitrogens with one attached hydrogen (secondary N) is 2. The second-order valence-corrected chi connectivity index (χ2v) is 8.36. The van der Waals surface area contributed by atoms with Crippen LogP contribution in [0.4, 0.5) is 5.69 Å². The van der Waals surface area contributed by atoms with E-state index in [0.717, 1.165) is 12.8 Å². The first-order valence-electron chi connectivity index (χ1n) is 10.9. The van der Waals surface area contributed by atoms with Crippen LogP contribution < -0.4 is 15.4 Å². The van der Waals surface area contributed by atoms with Crippen molar-refractivity contribution in [2.45, 2.75) is 70.9 Å². The molecular weight excluding hydrogens is 376 g/mol. The Kier molecular flexibility index (Phi) is 7.50. The fourth-order valence-electron chi connectivity index (χ4n) is 3.69. The Morgan fingerprint density at radius 3 is 2.33 bits per heavy atom. The lowest BCUT2D eigenvalue weighted by molar-refractivity contribution is -0.122. The molecule has 3 rings (SSSR count). The van der Waals surface area contributed by atoms with Crippen LogP contribution in [0.25, 0.3) is 0 Å². The molecule has 1 aliphatic rings. The number of benzene rings is 2. The first-order chi connectivity index (χ1) is 14.4. The third kappa shape index (κ3) is 6.09. The Bertz CT molecular complexity index is 855. The quantitative estimate of drug-likeness (QED) is 0.655. The second-order valence-electron chi connectivity index (χ2n) is 8.36. The molecule has 160 valence electrons. The number of rotatable bonds is 7. The van der Waals surface area contributed by atoms with Gasteiger partial charge in [-0.25, -0.2) is 0 Å². The number of anilines is 1. The van der Waals surface area contributed by atoms with Crippen LogP contribution in [0.15, 0.2) is 48.5 Å². The lowest BCUT2D eigenvalue weighted by Gasteiger charge is -2.22. The highest BCUT2D eigenvalue weighted by atomic mass is 16.5. The van der Waals surface area contributed by atoms with Crippen molar-refractivity contribution in [1.29, 1.82) is 0 Å². The van der Waals surface area contributed by atoms with Crippen molar-refractivity contribution in [3.8, 4) is 5.75 Å². The van der Waals surface area contributed by atoms with Gasteiger partial charge in [-0.2, -0.15) is 0 Å². The third-order valence-electron chi connectivity index (χ3n) is 5.56. The Labute approximate surface area is 179 Å². The number of carbonyl (C=O) groups is 2. The lowest BCUT2D eigenvalue weighted by Crippen LogP contribution is -2.36. The molecule has 2 aromatic carbocycles. The van der Waals surface area contributed by atoms with E-state index in [-0.39, 0.29) is 17.9 Å². The van der Waals surface area contributed by atoms with Gasteiger partial charge in [0, 0.05) is 17.3 Å². The van der Waals surface area contributed by atoms with Crippen LogP contribution >= 0.6 is 0 Å². The van der Waals surface area contributed by atoms with Gasteiger partial charge in [0.25, 0.3) is 11.8 Å². The Morgan fingerprint density at radius 1 is 0.967 bits per heavy atom. The summed E-state index contributed by atoms with van der Waals surface area (Å²) in [6.45, 7) is 5.98. The molecule has 1 fully saturated rings. The molecule has 5 heteroatoms. The summed E-state index contributed by atoms with van der Waals surface area (Å²) in [7, 11) is 0. The average Bonchev–Trinajstić information content (AvgIpc) is 2.75. The summed E-state index contributed by atoms with van der Waals surface area (Å²) in [6, 6.07) is 15.1. The number of amides is 2. The van der Waals surface area contributed by atoms with E-state index >= 15 is 0 Å². The predicted octanol–water partition coefficient (Wildman–Crippen LogP) is 5.28. The highest BCUT2D eigenvalue weighted by Gasteiger charge is 2.18. The van der Waals surface area contributed by atoms with Crippen LogP contribution in [-0.2, 0) is 4.79 Å². The van der Waals surface area contributed by atoms with Crippen molar-refractivity contribution in [1.82, 2.24) is 5.32 Å². The molecule has 1 aliphatic carbocycles. The Balaban J connectivity index is 1.56. The zero-order valence-electron chi connectivity index (χ0n) is 18.1. The summed E-state index contributed by atoms with van der Waals surface area (Å²) in [6.07, 6.45) is 4.99. The molecule has 1 atom stereocenters. The maximum Gasteiger partial charge on any atom is 0.265 e. The van der Waals surface area contributed by atoms with Gasteiger partial charge < -0.3 is 15.4 Å². The van der Waals surface area contributed by atoms with Gasteiger partial charge in [-0.15, -0.1) is 0 Å². The van der Waals surface area contributed by atoms with Crippen LogP contribution in [0, 0.1) is 0 Å². The van der Waals surface area contributed by atoms with Gasteiger partial charge in [-0.1, -0.05) is 51.3 Å². The normalized spacial score (nSPS) is 15.5. The van der Waals surface area contributed by atoms with Gasteiger partial charge in [0.1, 0.15) is 5.75 Å². The van der Waals surface area contributed by atoms with E-state index in [0.29, 0.717) is 22.9 Å². The van der Waals surface area contributed by atoms with E-state index in [1.807, 2.05) is 24.3 Å². The van der Waals surface area contributed by atoms with Crippen molar-refractivity contribution >= 4 is 17.5 Å². The minimum absolute atomic E-state index is 0.0902. The molecule has 1 unspecified atom stereocenters. The summed E-state index contributed by atoms with van der Waals surface area (Å²) in [4.78, 5) is 25.1. The Hall–Kier alpha value is -2.82. The molecule has 2 amide bonds. The van der Waals surface area contributed by atoms with E-state index in [9.17, 15) is 9.59 Å². The average molecular weight is 409 g/mol. The van der Waals surface area contributed by atoms with E-state index in [1.165, 1.54) is 24.8 Å². The van der Waals surface area contributed by atoms with Crippen molar-refractivity contribution in [3.63, 3.8) is 0 Å². The molecule has 0 heterocycles. The van der Waals surface area contributed by atoms with Crippen LogP contribution in [-0.4, -0.2) is 24.0 Å². The fourth-order valence-corrected chi connectivity index (χ4v) is 3.69. The zero-order chi connectivity index (χ0) is 21.5. The van der Waals surface area contributed by atoms with Gasteiger partial charge in [0.05, 0.1) is 0 Å². The number of hydrogen-bond donors (Lipinski definition) is 2. The van der Waals surface area contributed by atoms with Crippen molar-refractivity contribution in [2.75, 3.05) is 5.32 Å². The standard InChI is InChI=1S/C25H32N2O3/c1-17(2)19-12-14-23(15-13-19)30-18(3)24(28)27-22-11-7-8-20(16-22)25(29)26-21-9-5-4-6-10-21/h7-8,11-18,21H,4-6,9-10H2,1-3H3,(H,26,29)(H,27,28). The lowest BCUT2D eigenvalue weighted by atomic mass is 9.95.